The highest BCUT2D eigenvalue weighted by atomic mass is 32.2. The van der Waals surface area contributed by atoms with Crippen LogP contribution in [0.3, 0.4) is 0 Å². The van der Waals surface area contributed by atoms with Gasteiger partial charge in [0.05, 0.1) is 16.7 Å². The number of para-hydroxylation sites is 1. The third-order valence-electron chi connectivity index (χ3n) is 5.64. The first-order valence-corrected chi connectivity index (χ1v) is 12.8. The van der Waals surface area contributed by atoms with E-state index in [-0.39, 0.29) is 36.1 Å². The highest BCUT2D eigenvalue weighted by Crippen LogP contribution is 2.19. The summed E-state index contributed by atoms with van der Waals surface area (Å²) in [6.45, 7) is 2.68. The van der Waals surface area contributed by atoms with Crippen molar-refractivity contribution in [1.82, 2.24) is 14.9 Å². The first-order valence-electron chi connectivity index (χ1n) is 11.8. The predicted octanol–water partition coefficient (Wildman–Crippen LogP) is 4.18. The van der Waals surface area contributed by atoms with Crippen LogP contribution in [0.2, 0.25) is 0 Å². The van der Waals surface area contributed by atoms with E-state index < -0.39 is 0 Å². The monoisotopic (exact) mass is 500 g/mol. The lowest BCUT2D eigenvalue weighted by atomic mass is 10.1. The van der Waals surface area contributed by atoms with Crippen LogP contribution in [-0.2, 0) is 22.6 Å². The van der Waals surface area contributed by atoms with Gasteiger partial charge in [-0.25, -0.2) is 4.98 Å². The first-order chi connectivity index (χ1) is 17.5. The quantitative estimate of drug-likeness (QED) is 0.252. The number of aromatic nitrogens is 2. The minimum atomic E-state index is -0.223. The van der Waals surface area contributed by atoms with E-state index in [0.717, 1.165) is 17.5 Å². The van der Waals surface area contributed by atoms with Crippen molar-refractivity contribution in [2.45, 2.75) is 31.5 Å². The summed E-state index contributed by atoms with van der Waals surface area (Å²) in [6.07, 6.45) is 0.874. The summed E-state index contributed by atoms with van der Waals surface area (Å²) in [7, 11) is 0. The number of carbonyl (C=O) groups is 2. The Kier molecular flexibility index (Phi) is 8.52. The van der Waals surface area contributed by atoms with Gasteiger partial charge in [0.25, 0.3) is 5.56 Å². The van der Waals surface area contributed by atoms with Gasteiger partial charge in [0.2, 0.25) is 11.8 Å². The fourth-order valence-corrected chi connectivity index (χ4v) is 4.54. The zero-order chi connectivity index (χ0) is 25.3. The van der Waals surface area contributed by atoms with Crippen molar-refractivity contribution >= 4 is 40.2 Å². The Hall–Kier alpha value is -3.91. The summed E-state index contributed by atoms with van der Waals surface area (Å²) in [6, 6.07) is 24.6. The molecule has 0 bridgehead atoms. The van der Waals surface area contributed by atoms with Crippen molar-refractivity contribution in [1.29, 1.82) is 0 Å². The summed E-state index contributed by atoms with van der Waals surface area (Å²) in [4.78, 5) is 42.8. The SMILES string of the molecule is Cc1ccc(NC(=O)CSc2nc3ccccc3c(=O)n2CCC(=O)NCCc2ccccc2)cc1. The summed E-state index contributed by atoms with van der Waals surface area (Å²) in [5.41, 5.74) is 3.31. The van der Waals surface area contributed by atoms with Crippen LogP contribution in [0, 0.1) is 6.92 Å². The van der Waals surface area contributed by atoms with Gasteiger partial charge in [0.15, 0.2) is 5.16 Å². The molecule has 4 rings (SSSR count). The summed E-state index contributed by atoms with van der Waals surface area (Å²) in [5.74, 6) is -0.252. The summed E-state index contributed by atoms with van der Waals surface area (Å²) in [5, 5.41) is 6.67. The smallest absolute Gasteiger partial charge is 0.262 e. The Morgan fingerprint density at radius 2 is 1.64 bits per heavy atom. The number of benzene rings is 3. The third-order valence-corrected chi connectivity index (χ3v) is 6.61. The molecule has 8 heteroatoms. The van der Waals surface area contributed by atoms with E-state index in [4.69, 9.17) is 0 Å². The van der Waals surface area contributed by atoms with Crippen LogP contribution in [0.15, 0.2) is 88.8 Å². The molecule has 0 aliphatic heterocycles. The topological polar surface area (TPSA) is 93.1 Å². The van der Waals surface area contributed by atoms with Crippen LogP contribution < -0.4 is 16.2 Å². The van der Waals surface area contributed by atoms with Crippen LogP contribution >= 0.6 is 11.8 Å². The molecule has 7 nitrogen and oxygen atoms in total. The van der Waals surface area contributed by atoms with Crippen molar-refractivity contribution in [3.8, 4) is 0 Å². The number of hydrogen-bond acceptors (Lipinski definition) is 5. The van der Waals surface area contributed by atoms with Crippen LogP contribution in [0.4, 0.5) is 5.69 Å². The number of aryl methyl sites for hydroxylation is 1. The maximum Gasteiger partial charge on any atom is 0.262 e. The molecule has 2 amide bonds. The molecule has 0 spiro atoms. The van der Waals surface area contributed by atoms with Crippen molar-refractivity contribution in [2.75, 3.05) is 17.6 Å². The maximum atomic E-state index is 13.2. The molecule has 0 fully saturated rings. The molecule has 0 radical (unpaired) electrons. The van der Waals surface area contributed by atoms with Gasteiger partial charge < -0.3 is 10.6 Å². The number of anilines is 1. The molecule has 2 N–H and O–H groups in total. The van der Waals surface area contributed by atoms with Crippen LogP contribution in [0.25, 0.3) is 10.9 Å². The molecule has 1 heterocycles. The Balaban J connectivity index is 1.41. The van der Waals surface area contributed by atoms with Crippen molar-refractivity contribution in [3.05, 3.63) is 100 Å². The van der Waals surface area contributed by atoms with E-state index in [1.807, 2.05) is 67.6 Å². The molecule has 184 valence electrons. The number of amides is 2. The fraction of sp³-hybridized carbons (Fsp3) is 0.214. The molecular weight excluding hydrogens is 472 g/mol. The molecule has 0 saturated heterocycles. The number of nitrogens with one attached hydrogen (secondary N) is 2. The zero-order valence-electron chi connectivity index (χ0n) is 20.1. The number of nitrogens with zero attached hydrogens (tertiary/aromatic N) is 2. The van der Waals surface area contributed by atoms with Crippen molar-refractivity contribution in [3.63, 3.8) is 0 Å². The zero-order valence-corrected chi connectivity index (χ0v) is 20.9. The van der Waals surface area contributed by atoms with E-state index in [1.54, 1.807) is 18.2 Å². The van der Waals surface area contributed by atoms with Gasteiger partial charge in [-0.05, 0) is 43.2 Å². The number of carbonyl (C=O) groups excluding carboxylic acids is 2. The standard InChI is InChI=1S/C28H28N4O3S/c1-20-11-13-22(14-12-20)30-26(34)19-36-28-31-24-10-6-5-9-23(24)27(35)32(28)18-16-25(33)29-17-15-21-7-3-2-4-8-21/h2-14H,15-19H2,1H3,(H,29,33)(H,30,34). The number of rotatable bonds is 10. The average molecular weight is 501 g/mol. The van der Waals surface area contributed by atoms with E-state index in [1.165, 1.54) is 16.3 Å². The van der Waals surface area contributed by atoms with Crippen LogP contribution in [-0.4, -0.2) is 33.7 Å². The normalized spacial score (nSPS) is 10.8. The molecule has 1 aromatic heterocycles. The van der Waals surface area contributed by atoms with Gasteiger partial charge >= 0.3 is 0 Å². The summed E-state index contributed by atoms with van der Waals surface area (Å²) >= 11 is 1.18. The van der Waals surface area contributed by atoms with E-state index in [9.17, 15) is 14.4 Å². The molecule has 0 atom stereocenters. The van der Waals surface area contributed by atoms with E-state index in [0.29, 0.717) is 28.3 Å². The van der Waals surface area contributed by atoms with Gasteiger partial charge in [0.1, 0.15) is 0 Å². The van der Waals surface area contributed by atoms with Crippen molar-refractivity contribution in [2.24, 2.45) is 0 Å². The fourth-order valence-electron chi connectivity index (χ4n) is 3.71. The average Bonchev–Trinajstić information content (AvgIpc) is 2.89. The Bertz CT molecular complexity index is 1400. The number of hydrogen-bond donors (Lipinski definition) is 2. The van der Waals surface area contributed by atoms with Gasteiger partial charge in [-0.3, -0.25) is 19.0 Å². The second kappa shape index (κ2) is 12.2. The molecule has 36 heavy (non-hydrogen) atoms. The summed E-state index contributed by atoms with van der Waals surface area (Å²) < 4.78 is 1.49. The van der Waals surface area contributed by atoms with E-state index >= 15 is 0 Å². The number of fused-ring (bicyclic) bond motifs is 1. The second-order valence-corrected chi connectivity index (χ2v) is 9.35. The van der Waals surface area contributed by atoms with Gasteiger partial charge in [-0.2, -0.15) is 0 Å². The lowest BCUT2D eigenvalue weighted by molar-refractivity contribution is -0.121. The molecule has 0 saturated carbocycles. The third kappa shape index (κ3) is 6.82. The Morgan fingerprint density at radius 1 is 0.917 bits per heavy atom. The van der Waals surface area contributed by atoms with Crippen LogP contribution in [0.1, 0.15) is 17.5 Å². The highest BCUT2D eigenvalue weighted by Gasteiger charge is 2.14. The second-order valence-electron chi connectivity index (χ2n) is 8.41. The molecule has 4 aromatic rings. The minimum absolute atomic E-state index is 0.0852. The number of thioether (sulfide) groups is 1. The Morgan fingerprint density at radius 3 is 2.42 bits per heavy atom. The predicted molar refractivity (Wildman–Crippen MR) is 144 cm³/mol. The lowest BCUT2D eigenvalue weighted by Crippen LogP contribution is -2.30. The van der Waals surface area contributed by atoms with Gasteiger partial charge in [-0.15, -0.1) is 0 Å². The largest absolute Gasteiger partial charge is 0.356 e. The van der Waals surface area contributed by atoms with Crippen molar-refractivity contribution < 1.29 is 9.59 Å². The maximum absolute atomic E-state index is 13.2. The van der Waals surface area contributed by atoms with Gasteiger partial charge in [0, 0.05) is 25.2 Å². The van der Waals surface area contributed by atoms with E-state index in [2.05, 4.69) is 15.6 Å². The highest BCUT2D eigenvalue weighted by molar-refractivity contribution is 7.99. The Labute approximate surface area is 214 Å². The molecular formula is C28H28N4O3S. The molecule has 0 aliphatic rings. The lowest BCUT2D eigenvalue weighted by Gasteiger charge is -2.13. The van der Waals surface area contributed by atoms with Crippen LogP contribution in [0.5, 0.6) is 0 Å². The molecule has 0 unspecified atom stereocenters. The molecule has 0 aliphatic carbocycles. The first kappa shape index (κ1) is 25.2. The molecule has 3 aromatic carbocycles. The van der Waals surface area contributed by atoms with Gasteiger partial charge in [-0.1, -0.05) is 71.9 Å². The minimum Gasteiger partial charge on any atom is -0.356 e.